The molecule has 2 aromatic carbocycles. The first kappa shape index (κ1) is 13.8. The third kappa shape index (κ3) is 2.83. The van der Waals surface area contributed by atoms with Gasteiger partial charge in [-0.25, -0.2) is 4.79 Å². The molecular formula is C18H19NO2. The van der Waals surface area contributed by atoms with Gasteiger partial charge < -0.3 is 10.4 Å². The highest BCUT2D eigenvalue weighted by molar-refractivity contribution is 5.87. The first-order valence-corrected chi connectivity index (χ1v) is 7.32. The maximum atomic E-state index is 11.0. The Bertz CT molecular complexity index is 633. The molecule has 1 saturated carbocycles. The van der Waals surface area contributed by atoms with Gasteiger partial charge in [0.1, 0.15) is 0 Å². The van der Waals surface area contributed by atoms with Crippen molar-refractivity contribution < 1.29 is 9.90 Å². The average Bonchev–Trinajstić information content (AvgIpc) is 2.47. The van der Waals surface area contributed by atoms with Crippen LogP contribution in [0.4, 0.5) is 0 Å². The Labute approximate surface area is 124 Å². The molecule has 1 aliphatic rings. The van der Waals surface area contributed by atoms with E-state index in [0.717, 1.165) is 18.4 Å². The van der Waals surface area contributed by atoms with E-state index in [1.54, 1.807) is 18.2 Å². The van der Waals surface area contributed by atoms with Crippen LogP contribution in [0.15, 0.2) is 54.6 Å². The zero-order valence-corrected chi connectivity index (χ0v) is 11.9. The zero-order chi connectivity index (χ0) is 14.7. The van der Waals surface area contributed by atoms with Crippen molar-refractivity contribution in [1.82, 2.24) is 5.32 Å². The Morgan fingerprint density at radius 1 is 1.10 bits per heavy atom. The van der Waals surface area contributed by atoms with Gasteiger partial charge in [-0.2, -0.15) is 0 Å². The van der Waals surface area contributed by atoms with E-state index in [0.29, 0.717) is 12.1 Å². The maximum Gasteiger partial charge on any atom is 0.335 e. The minimum absolute atomic E-state index is 0.0560. The largest absolute Gasteiger partial charge is 0.478 e. The number of carbonyl (C=O) groups is 1. The van der Waals surface area contributed by atoms with Gasteiger partial charge in [0.2, 0.25) is 0 Å². The van der Waals surface area contributed by atoms with Gasteiger partial charge in [-0.15, -0.1) is 0 Å². The summed E-state index contributed by atoms with van der Waals surface area (Å²) < 4.78 is 0. The third-order valence-electron chi connectivity index (χ3n) is 4.34. The molecule has 0 spiro atoms. The number of carboxylic acid groups (broad SMARTS) is 1. The van der Waals surface area contributed by atoms with E-state index in [-0.39, 0.29) is 5.54 Å². The van der Waals surface area contributed by atoms with Gasteiger partial charge in [-0.05, 0) is 42.5 Å². The summed E-state index contributed by atoms with van der Waals surface area (Å²) in [5.41, 5.74) is 2.74. The van der Waals surface area contributed by atoms with E-state index >= 15 is 0 Å². The van der Waals surface area contributed by atoms with Crippen LogP contribution in [0.25, 0.3) is 0 Å². The summed E-state index contributed by atoms with van der Waals surface area (Å²) in [4.78, 5) is 11.0. The molecule has 1 aliphatic carbocycles. The molecule has 1 fully saturated rings. The molecule has 3 rings (SSSR count). The molecule has 0 unspecified atom stereocenters. The molecule has 0 radical (unpaired) electrons. The number of nitrogens with one attached hydrogen (secondary N) is 1. The number of rotatable bonds is 5. The highest BCUT2D eigenvalue weighted by Crippen LogP contribution is 2.41. The van der Waals surface area contributed by atoms with Crippen LogP contribution in [0.1, 0.15) is 40.7 Å². The Balaban J connectivity index is 1.74. The lowest BCUT2D eigenvalue weighted by Gasteiger charge is -2.43. The van der Waals surface area contributed by atoms with Crippen LogP contribution in [0.5, 0.6) is 0 Å². The smallest absolute Gasteiger partial charge is 0.335 e. The van der Waals surface area contributed by atoms with Crippen molar-refractivity contribution in [1.29, 1.82) is 0 Å². The van der Waals surface area contributed by atoms with Gasteiger partial charge in [0.15, 0.2) is 0 Å². The molecule has 0 aliphatic heterocycles. The van der Waals surface area contributed by atoms with Gasteiger partial charge in [-0.3, -0.25) is 0 Å². The lowest BCUT2D eigenvalue weighted by molar-refractivity contribution is 0.0696. The molecule has 0 heterocycles. The molecule has 0 amide bonds. The van der Waals surface area contributed by atoms with Crippen LogP contribution >= 0.6 is 0 Å². The fourth-order valence-corrected chi connectivity index (χ4v) is 2.94. The Morgan fingerprint density at radius 2 is 1.86 bits per heavy atom. The van der Waals surface area contributed by atoms with Gasteiger partial charge in [0, 0.05) is 12.1 Å². The van der Waals surface area contributed by atoms with Crippen LogP contribution in [0.2, 0.25) is 0 Å². The highest BCUT2D eigenvalue weighted by Gasteiger charge is 2.37. The van der Waals surface area contributed by atoms with Crippen LogP contribution in [-0.2, 0) is 12.1 Å². The molecule has 3 heteroatoms. The quantitative estimate of drug-likeness (QED) is 0.881. The molecule has 2 aromatic rings. The predicted octanol–water partition coefficient (Wildman–Crippen LogP) is 3.55. The summed E-state index contributed by atoms with van der Waals surface area (Å²) in [7, 11) is 0. The molecule has 0 bridgehead atoms. The van der Waals surface area contributed by atoms with Gasteiger partial charge in [0.05, 0.1) is 5.56 Å². The van der Waals surface area contributed by atoms with E-state index in [4.69, 9.17) is 5.11 Å². The molecule has 3 nitrogen and oxygen atoms in total. The molecule has 0 atom stereocenters. The summed E-state index contributed by atoms with van der Waals surface area (Å²) in [5.74, 6) is -0.877. The minimum Gasteiger partial charge on any atom is -0.478 e. The minimum atomic E-state index is -0.877. The van der Waals surface area contributed by atoms with Crippen molar-refractivity contribution in [2.45, 2.75) is 31.3 Å². The first-order valence-electron chi connectivity index (χ1n) is 7.32. The van der Waals surface area contributed by atoms with E-state index < -0.39 is 5.97 Å². The Kier molecular flexibility index (Phi) is 3.76. The SMILES string of the molecule is O=C(O)c1cccc(CNC2(c3ccccc3)CCC2)c1. The normalized spacial score (nSPS) is 16.2. The second kappa shape index (κ2) is 5.70. The maximum absolute atomic E-state index is 11.0. The second-order valence-electron chi connectivity index (χ2n) is 5.66. The van der Waals surface area contributed by atoms with E-state index in [1.165, 1.54) is 12.0 Å². The van der Waals surface area contributed by atoms with Crippen LogP contribution in [0, 0.1) is 0 Å². The zero-order valence-electron chi connectivity index (χ0n) is 11.9. The topological polar surface area (TPSA) is 49.3 Å². The van der Waals surface area contributed by atoms with E-state index in [1.807, 2.05) is 12.1 Å². The van der Waals surface area contributed by atoms with E-state index in [9.17, 15) is 4.79 Å². The summed E-state index contributed by atoms with van der Waals surface area (Å²) >= 11 is 0. The molecule has 2 N–H and O–H groups in total. The molecule has 0 aromatic heterocycles. The summed E-state index contributed by atoms with van der Waals surface area (Å²) in [6.07, 6.45) is 3.50. The van der Waals surface area contributed by atoms with Crippen molar-refractivity contribution >= 4 is 5.97 Å². The van der Waals surface area contributed by atoms with Crippen molar-refractivity contribution in [3.63, 3.8) is 0 Å². The predicted molar refractivity (Wildman–Crippen MR) is 82.2 cm³/mol. The molecule has 21 heavy (non-hydrogen) atoms. The van der Waals surface area contributed by atoms with Crippen molar-refractivity contribution in [2.75, 3.05) is 0 Å². The number of carboxylic acids is 1. The van der Waals surface area contributed by atoms with Crippen LogP contribution in [0.3, 0.4) is 0 Å². The van der Waals surface area contributed by atoms with Crippen LogP contribution < -0.4 is 5.32 Å². The Hall–Kier alpha value is -2.13. The summed E-state index contributed by atoms with van der Waals surface area (Å²) in [5, 5.41) is 12.7. The lowest BCUT2D eigenvalue weighted by atomic mass is 9.71. The molecule has 108 valence electrons. The first-order chi connectivity index (χ1) is 10.2. The number of benzene rings is 2. The monoisotopic (exact) mass is 281 g/mol. The molecular weight excluding hydrogens is 262 g/mol. The average molecular weight is 281 g/mol. The fourth-order valence-electron chi connectivity index (χ4n) is 2.94. The van der Waals surface area contributed by atoms with Crippen molar-refractivity contribution in [3.05, 3.63) is 71.3 Å². The van der Waals surface area contributed by atoms with Gasteiger partial charge in [-0.1, -0.05) is 42.5 Å². The van der Waals surface area contributed by atoms with Crippen molar-refractivity contribution in [2.24, 2.45) is 0 Å². The lowest BCUT2D eigenvalue weighted by Crippen LogP contribution is -2.47. The number of aromatic carboxylic acids is 1. The highest BCUT2D eigenvalue weighted by atomic mass is 16.4. The molecule has 0 saturated heterocycles. The van der Waals surface area contributed by atoms with Gasteiger partial charge >= 0.3 is 5.97 Å². The van der Waals surface area contributed by atoms with Crippen molar-refractivity contribution in [3.8, 4) is 0 Å². The number of hydrogen-bond acceptors (Lipinski definition) is 2. The number of hydrogen-bond donors (Lipinski definition) is 2. The van der Waals surface area contributed by atoms with E-state index in [2.05, 4.69) is 29.6 Å². The third-order valence-corrected chi connectivity index (χ3v) is 4.34. The summed E-state index contributed by atoms with van der Waals surface area (Å²) in [6, 6.07) is 17.7. The Morgan fingerprint density at radius 3 is 2.48 bits per heavy atom. The standard InChI is InChI=1S/C18H19NO2/c20-17(21)15-7-4-6-14(12-15)13-19-18(10-5-11-18)16-8-2-1-3-9-16/h1-4,6-9,12,19H,5,10-11,13H2,(H,20,21). The van der Waals surface area contributed by atoms with Crippen LogP contribution in [-0.4, -0.2) is 11.1 Å². The summed E-state index contributed by atoms with van der Waals surface area (Å²) in [6.45, 7) is 0.690. The fraction of sp³-hybridized carbons (Fsp3) is 0.278. The van der Waals surface area contributed by atoms with Gasteiger partial charge in [0.25, 0.3) is 0 Å². The second-order valence-corrected chi connectivity index (χ2v) is 5.66.